The Labute approximate surface area is 171 Å². The summed E-state index contributed by atoms with van der Waals surface area (Å²) < 4.78 is 37.0. The van der Waals surface area contributed by atoms with Crippen molar-refractivity contribution in [1.29, 1.82) is 0 Å². The number of sulfonamides is 1. The molecule has 0 spiro atoms. The number of rotatable bonds is 8. The van der Waals surface area contributed by atoms with Crippen LogP contribution in [-0.4, -0.2) is 46.4 Å². The molecule has 2 aromatic rings. The second-order valence-electron chi connectivity index (χ2n) is 6.94. The lowest BCUT2D eigenvalue weighted by Crippen LogP contribution is -2.48. The fraction of sp³-hybridized carbons (Fsp3) is 0.381. The van der Waals surface area contributed by atoms with Gasteiger partial charge in [-0.25, -0.2) is 8.42 Å². The van der Waals surface area contributed by atoms with E-state index in [1.807, 2.05) is 30.3 Å². The lowest BCUT2D eigenvalue weighted by atomic mass is 10.1. The maximum absolute atomic E-state index is 12.6. The van der Waals surface area contributed by atoms with E-state index < -0.39 is 16.1 Å². The van der Waals surface area contributed by atoms with Crippen LogP contribution in [0.5, 0.6) is 11.5 Å². The number of benzene rings is 2. The van der Waals surface area contributed by atoms with E-state index in [1.54, 1.807) is 25.1 Å². The molecule has 3 rings (SSSR count). The minimum absolute atomic E-state index is 0.349. The Morgan fingerprint density at radius 2 is 1.79 bits per heavy atom. The Hall–Kier alpha value is -2.74. The number of carbonyl (C=O) groups is 1. The molecular formula is C21H26N2O5S. The smallest absolute Gasteiger partial charge is 0.243 e. The summed E-state index contributed by atoms with van der Waals surface area (Å²) in [4.78, 5) is 12.6. The fourth-order valence-corrected chi connectivity index (χ4v) is 4.44. The molecule has 1 aliphatic heterocycles. The molecule has 1 N–H and O–H groups in total. The molecule has 1 atom stereocenters. The highest BCUT2D eigenvalue weighted by atomic mass is 32.2. The van der Waals surface area contributed by atoms with Gasteiger partial charge in [0.25, 0.3) is 0 Å². The molecule has 2 aromatic carbocycles. The van der Waals surface area contributed by atoms with Crippen LogP contribution in [0.25, 0.3) is 0 Å². The van der Waals surface area contributed by atoms with Crippen LogP contribution >= 0.6 is 0 Å². The number of carbonyl (C=O) groups excluding carboxylic acids is 1. The van der Waals surface area contributed by atoms with Crippen LogP contribution in [0.3, 0.4) is 0 Å². The summed E-state index contributed by atoms with van der Waals surface area (Å²) in [7, 11) is -3.69. The lowest BCUT2D eigenvalue weighted by molar-refractivity contribution is -0.121. The third-order valence-electron chi connectivity index (χ3n) is 4.65. The third-order valence-corrected chi connectivity index (χ3v) is 5.89. The molecule has 0 saturated carbocycles. The van der Waals surface area contributed by atoms with E-state index in [2.05, 4.69) is 5.32 Å². The maximum atomic E-state index is 12.6. The van der Waals surface area contributed by atoms with Crippen molar-refractivity contribution in [3.05, 3.63) is 54.1 Å². The highest BCUT2D eigenvalue weighted by Gasteiger charge is 2.30. The second kappa shape index (κ2) is 9.17. The molecule has 0 saturated heterocycles. The van der Waals surface area contributed by atoms with Gasteiger partial charge in [-0.05, 0) is 37.5 Å². The van der Waals surface area contributed by atoms with Crippen molar-refractivity contribution < 1.29 is 22.7 Å². The number of hydrogen-bond donors (Lipinski definition) is 1. The summed E-state index contributed by atoms with van der Waals surface area (Å²) >= 11 is 0. The Balaban J connectivity index is 1.66. The van der Waals surface area contributed by atoms with E-state index in [4.69, 9.17) is 9.47 Å². The number of aryl methyl sites for hydroxylation is 1. The van der Waals surface area contributed by atoms with Crippen LogP contribution in [0.2, 0.25) is 0 Å². The largest absolute Gasteiger partial charge is 0.486 e. The Morgan fingerprint density at radius 1 is 1.10 bits per heavy atom. The van der Waals surface area contributed by atoms with Crippen molar-refractivity contribution in [2.45, 2.75) is 25.8 Å². The van der Waals surface area contributed by atoms with Crippen LogP contribution in [0.1, 0.15) is 18.9 Å². The van der Waals surface area contributed by atoms with E-state index in [1.165, 1.54) is 5.56 Å². The SMILES string of the molecule is C[C@@H](C(=O)NCCCc1ccccc1)N(c1ccc2c(c1)OCCO2)S(C)(=O)=O. The van der Waals surface area contributed by atoms with Gasteiger partial charge >= 0.3 is 0 Å². The number of ether oxygens (including phenoxy) is 2. The highest BCUT2D eigenvalue weighted by Crippen LogP contribution is 2.35. The molecule has 7 nitrogen and oxygen atoms in total. The summed E-state index contributed by atoms with van der Waals surface area (Å²) in [6.45, 7) is 2.89. The minimum atomic E-state index is -3.69. The predicted octanol–water partition coefficient (Wildman–Crippen LogP) is 2.36. The van der Waals surface area contributed by atoms with Gasteiger partial charge in [0.1, 0.15) is 19.3 Å². The zero-order valence-corrected chi connectivity index (χ0v) is 17.4. The van der Waals surface area contributed by atoms with E-state index in [0.29, 0.717) is 36.9 Å². The molecular weight excluding hydrogens is 392 g/mol. The molecule has 0 radical (unpaired) electrons. The molecule has 0 aliphatic carbocycles. The Kier molecular flexibility index (Phi) is 6.64. The average molecular weight is 419 g/mol. The average Bonchev–Trinajstić information content (AvgIpc) is 2.70. The molecule has 1 amide bonds. The van der Waals surface area contributed by atoms with E-state index in [-0.39, 0.29) is 5.91 Å². The quantitative estimate of drug-likeness (QED) is 0.666. The molecule has 156 valence electrons. The van der Waals surface area contributed by atoms with E-state index in [0.717, 1.165) is 23.4 Å². The van der Waals surface area contributed by atoms with Crippen molar-refractivity contribution in [2.24, 2.45) is 0 Å². The molecule has 0 bridgehead atoms. The minimum Gasteiger partial charge on any atom is -0.486 e. The van der Waals surface area contributed by atoms with Crippen LogP contribution in [-0.2, 0) is 21.2 Å². The standard InChI is InChI=1S/C21H26N2O5S/c1-16(21(24)22-12-6-9-17-7-4-3-5-8-17)23(29(2,25)26)18-10-11-19-20(15-18)28-14-13-27-19/h3-5,7-8,10-11,15-16H,6,9,12-14H2,1-2H3,(H,22,24)/t16-/m0/s1. The van der Waals surface area contributed by atoms with Crippen LogP contribution < -0.4 is 19.1 Å². The fourth-order valence-electron chi connectivity index (χ4n) is 3.27. The molecule has 0 aromatic heterocycles. The summed E-state index contributed by atoms with van der Waals surface area (Å²) in [6.07, 6.45) is 2.70. The molecule has 8 heteroatoms. The number of nitrogens with one attached hydrogen (secondary N) is 1. The van der Waals surface area contributed by atoms with Gasteiger partial charge in [0.05, 0.1) is 11.9 Å². The Bertz CT molecular complexity index is 947. The van der Waals surface area contributed by atoms with Gasteiger partial charge in [-0.15, -0.1) is 0 Å². The van der Waals surface area contributed by atoms with Crippen molar-refractivity contribution in [2.75, 3.05) is 30.3 Å². The van der Waals surface area contributed by atoms with E-state index >= 15 is 0 Å². The molecule has 0 fully saturated rings. The van der Waals surface area contributed by atoms with Gasteiger partial charge in [0, 0.05) is 12.6 Å². The van der Waals surface area contributed by atoms with Crippen molar-refractivity contribution >= 4 is 21.6 Å². The van der Waals surface area contributed by atoms with Gasteiger partial charge in [0.15, 0.2) is 11.5 Å². The van der Waals surface area contributed by atoms with Gasteiger partial charge in [-0.1, -0.05) is 30.3 Å². The van der Waals surface area contributed by atoms with Crippen molar-refractivity contribution in [3.63, 3.8) is 0 Å². The van der Waals surface area contributed by atoms with Crippen molar-refractivity contribution in [1.82, 2.24) is 5.32 Å². The number of anilines is 1. The number of nitrogens with zero attached hydrogens (tertiary/aromatic N) is 1. The van der Waals surface area contributed by atoms with Crippen molar-refractivity contribution in [3.8, 4) is 11.5 Å². The zero-order chi connectivity index (χ0) is 20.9. The molecule has 29 heavy (non-hydrogen) atoms. The summed E-state index contributed by atoms with van der Waals surface area (Å²) in [6, 6.07) is 14.0. The van der Waals surface area contributed by atoms with E-state index in [9.17, 15) is 13.2 Å². The summed E-state index contributed by atoms with van der Waals surface area (Å²) in [5.41, 5.74) is 1.56. The van der Waals surface area contributed by atoms with Gasteiger partial charge in [0.2, 0.25) is 15.9 Å². The van der Waals surface area contributed by atoms with Crippen LogP contribution in [0.4, 0.5) is 5.69 Å². The third kappa shape index (κ3) is 5.41. The second-order valence-corrected chi connectivity index (χ2v) is 8.80. The monoisotopic (exact) mass is 418 g/mol. The predicted molar refractivity (Wildman–Crippen MR) is 112 cm³/mol. The first kappa shape index (κ1) is 21.0. The highest BCUT2D eigenvalue weighted by molar-refractivity contribution is 7.92. The summed E-state index contributed by atoms with van der Waals surface area (Å²) in [5, 5.41) is 2.84. The first-order valence-corrected chi connectivity index (χ1v) is 11.4. The first-order chi connectivity index (χ1) is 13.9. The van der Waals surface area contributed by atoms with Gasteiger partial charge in [-0.3, -0.25) is 9.10 Å². The summed E-state index contributed by atoms with van der Waals surface area (Å²) in [5.74, 6) is 0.683. The van der Waals surface area contributed by atoms with Crippen LogP contribution in [0.15, 0.2) is 48.5 Å². The van der Waals surface area contributed by atoms with Crippen LogP contribution in [0, 0.1) is 0 Å². The number of fused-ring (bicyclic) bond motifs is 1. The molecule has 1 heterocycles. The van der Waals surface area contributed by atoms with Gasteiger partial charge in [-0.2, -0.15) is 0 Å². The topological polar surface area (TPSA) is 84.9 Å². The lowest BCUT2D eigenvalue weighted by Gasteiger charge is -2.29. The molecule has 0 unspecified atom stereocenters. The zero-order valence-electron chi connectivity index (χ0n) is 16.6. The normalized spacial score (nSPS) is 14.1. The number of hydrogen-bond acceptors (Lipinski definition) is 5. The first-order valence-electron chi connectivity index (χ1n) is 9.57. The van der Waals surface area contributed by atoms with Gasteiger partial charge < -0.3 is 14.8 Å². The maximum Gasteiger partial charge on any atom is 0.243 e. The number of amides is 1. The molecule has 1 aliphatic rings. The Morgan fingerprint density at radius 3 is 2.48 bits per heavy atom.